The Balaban J connectivity index is 4.33. The Labute approximate surface area is 404 Å². The van der Waals surface area contributed by atoms with Crippen molar-refractivity contribution in [1.82, 2.24) is 0 Å². The predicted molar refractivity (Wildman–Crippen MR) is 279 cm³/mol. The minimum Gasteiger partial charge on any atom is -0.462 e. The van der Waals surface area contributed by atoms with E-state index in [-0.39, 0.29) is 31.1 Å². The van der Waals surface area contributed by atoms with Crippen LogP contribution in [0.15, 0.2) is 24.3 Å². The third-order valence-corrected chi connectivity index (χ3v) is 13.0. The molecule has 0 fully saturated rings. The molecule has 0 aromatic carbocycles. The van der Waals surface area contributed by atoms with Crippen molar-refractivity contribution < 1.29 is 28.6 Å². The molecule has 0 saturated carbocycles. The van der Waals surface area contributed by atoms with Gasteiger partial charge in [0.05, 0.1) is 0 Å². The molecule has 1 unspecified atom stereocenters. The molecule has 0 aliphatic carbocycles. The SMILES string of the molecule is CCCCC/C=C\C/C=C\CCCCCCCCCC(=O)OCC(COC(=O)CCCCCCCCCCCCCCCCC)OC(=O)CCCCCCCCCCCCCCCCC. The van der Waals surface area contributed by atoms with E-state index in [1.165, 1.54) is 205 Å². The van der Waals surface area contributed by atoms with E-state index in [0.717, 1.165) is 70.6 Å². The van der Waals surface area contributed by atoms with E-state index < -0.39 is 6.10 Å². The molecule has 0 aliphatic heterocycles. The lowest BCUT2D eigenvalue weighted by Gasteiger charge is -2.18. The van der Waals surface area contributed by atoms with Crippen molar-refractivity contribution in [1.29, 1.82) is 0 Å². The fourth-order valence-corrected chi connectivity index (χ4v) is 8.59. The topological polar surface area (TPSA) is 78.9 Å². The standard InChI is InChI=1S/C59H110O6/c1-4-7-10-13-16-19-22-25-28-29-32-34-37-40-43-46-49-52-58(61)64-55-56(65-59(62)53-50-47-44-41-38-35-31-27-24-21-18-15-12-9-6-3)54-63-57(60)51-48-45-42-39-36-33-30-26-23-20-17-14-11-8-5-2/h16,19,25,28,56H,4-15,17-18,20-24,26-27,29-55H2,1-3H3/b19-16-,28-25-. The van der Waals surface area contributed by atoms with Gasteiger partial charge >= 0.3 is 17.9 Å². The lowest BCUT2D eigenvalue weighted by Crippen LogP contribution is -2.30. The molecule has 0 amide bonds. The van der Waals surface area contributed by atoms with Crippen molar-refractivity contribution in [2.75, 3.05) is 13.2 Å². The number of carbonyl (C=O) groups is 3. The highest BCUT2D eigenvalue weighted by Gasteiger charge is 2.19. The van der Waals surface area contributed by atoms with Crippen LogP contribution in [0.1, 0.15) is 316 Å². The molecule has 0 radical (unpaired) electrons. The highest BCUT2D eigenvalue weighted by atomic mass is 16.6. The van der Waals surface area contributed by atoms with E-state index in [1.807, 2.05) is 0 Å². The third kappa shape index (κ3) is 52.7. The first-order chi connectivity index (χ1) is 32.0. The quantitative estimate of drug-likeness (QED) is 0.0262. The molecule has 1 atom stereocenters. The van der Waals surface area contributed by atoms with E-state index in [0.29, 0.717) is 19.3 Å². The van der Waals surface area contributed by atoms with Crippen LogP contribution in [0.5, 0.6) is 0 Å². The van der Waals surface area contributed by atoms with E-state index >= 15 is 0 Å². The fraction of sp³-hybridized carbons (Fsp3) is 0.881. The van der Waals surface area contributed by atoms with Crippen LogP contribution in [0.2, 0.25) is 0 Å². The Hall–Kier alpha value is -2.11. The summed E-state index contributed by atoms with van der Waals surface area (Å²) >= 11 is 0. The molecular formula is C59H110O6. The second-order valence-corrected chi connectivity index (χ2v) is 19.6. The van der Waals surface area contributed by atoms with Gasteiger partial charge in [-0.25, -0.2) is 0 Å². The van der Waals surface area contributed by atoms with Crippen LogP contribution in [0, 0.1) is 0 Å². The number of allylic oxidation sites excluding steroid dienone is 4. The molecule has 0 N–H and O–H groups in total. The van der Waals surface area contributed by atoms with Crippen LogP contribution < -0.4 is 0 Å². The number of esters is 3. The lowest BCUT2D eigenvalue weighted by molar-refractivity contribution is -0.167. The molecule has 0 rings (SSSR count). The zero-order chi connectivity index (χ0) is 47.2. The van der Waals surface area contributed by atoms with E-state index in [1.54, 1.807) is 0 Å². The summed E-state index contributed by atoms with van der Waals surface area (Å²) in [5, 5.41) is 0. The monoisotopic (exact) mass is 915 g/mol. The summed E-state index contributed by atoms with van der Waals surface area (Å²) in [5.41, 5.74) is 0. The van der Waals surface area contributed by atoms with Gasteiger partial charge < -0.3 is 14.2 Å². The van der Waals surface area contributed by atoms with Crippen LogP contribution in [0.4, 0.5) is 0 Å². The van der Waals surface area contributed by atoms with Crippen LogP contribution in [0.25, 0.3) is 0 Å². The van der Waals surface area contributed by atoms with Gasteiger partial charge in [0.2, 0.25) is 0 Å². The molecule has 0 bridgehead atoms. The van der Waals surface area contributed by atoms with Gasteiger partial charge in [0.1, 0.15) is 13.2 Å². The summed E-state index contributed by atoms with van der Waals surface area (Å²) < 4.78 is 16.9. The maximum atomic E-state index is 12.8. The maximum absolute atomic E-state index is 12.8. The molecule has 382 valence electrons. The minimum atomic E-state index is -0.769. The molecule has 6 nitrogen and oxygen atoms in total. The molecule has 0 saturated heterocycles. The molecule has 0 aromatic rings. The Bertz CT molecular complexity index is 1050. The van der Waals surface area contributed by atoms with Gasteiger partial charge in [-0.05, 0) is 51.4 Å². The smallest absolute Gasteiger partial charge is 0.306 e. The Morgan fingerprint density at radius 2 is 0.554 bits per heavy atom. The van der Waals surface area contributed by atoms with Crippen LogP contribution in [0.3, 0.4) is 0 Å². The summed E-state index contributed by atoms with van der Waals surface area (Å²) in [6.07, 6.45) is 63.0. The van der Waals surface area contributed by atoms with Crippen molar-refractivity contribution in [2.24, 2.45) is 0 Å². The third-order valence-electron chi connectivity index (χ3n) is 13.0. The number of unbranched alkanes of at least 4 members (excludes halogenated alkanes) is 38. The first-order valence-corrected chi connectivity index (χ1v) is 28.8. The van der Waals surface area contributed by atoms with E-state index in [4.69, 9.17) is 14.2 Å². The Morgan fingerprint density at radius 1 is 0.308 bits per heavy atom. The fourth-order valence-electron chi connectivity index (χ4n) is 8.59. The number of ether oxygens (including phenoxy) is 3. The average Bonchev–Trinajstić information content (AvgIpc) is 3.30. The summed E-state index contributed by atoms with van der Waals surface area (Å²) in [5.74, 6) is -0.854. The molecular weight excluding hydrogens is 805 g/mol. The summed E-state index contributed by atoms with van der Waals surface area (Å²) in [6.45, 7) is 6.66. The summed E-state index contributed by atoms with van der Waals surface area (Å²) in [7, 11) is 0. The van der Waals surface area contributed by atoms with E-state index in [2.05, 4.69) is 45.1 Å². The highest BCUT2D eigenvalue weighted by Crippen LogP contribution is 2.17. The maximum Gasteiger partial charge on any atom is 0.306 e. The minimum absolute atomic E-state index is 0.0680. The van der Waals surface area contributed by atoms with Crippen molar-refractivity contribution in [3.05, 3.63) is 24.3 Å². The molecule has 0 heterocycles. The van der Waals surface area contributed by atoms with Gasteiger partial charge in [-0.3, -0.25) is 14.4 Å². The highest BCUT2D eigenvalue weighted by molar-refractivity contribution is 5.71. The van der Waals surface area contributed by atoms with Gasteiger partial charge in [0.25, 0.3) is 0 Å². The molecule has 0 aromatic heterocycles. The Morgan fingerprint density at radius 3 is 0.877 bits per heavy atom. The Kier molecular flexibility index (Phi) is 52.7. The second-order valence-electron chi connectivity index (χ2n) is 19.6. The first-order valence-electron chi connectivity index (χ1n) is 28.8. The van der Waals surface area contributed by atoms with Gasteiger partial charge in [0.15, 0.2) is 6.10 Å². The van der Waals surface area contributed by atoms with Crippen molar-refractivity contribution in [2.45, 2.75) is 322 Å². The van der Waals surface area contributed by atoms with Crippen LogP contribution in [-0.4, -0.2) is 37.2 Å². The number of carbonyl (C=O) groups excluding carboxylic acids is 3. The van der Waals surface area contributed by atoms with Crippen molar-refractivity contribution >= 4 is 17.9 Å². The summed E-state index contributed by atoms with van der Waals surface area (Å²) in [6, 6.07) is 0. The van der Waals surface area contributed by atoms with Crippen molar-refractivity contribution in [3.8, 4) is 0 Å². The first kappa shape index (κ1) is 62.9. The second kappa shape index (κ2) is 54.5. The van der Waals surface area contributed by atoms with Gasteiger partial charge in [-0.15, -0.1) is 0 Å². The van der Waals surface area contributed by atoms with Crippen LogP contribution in [-0.2, 0) is 28.6 Å². The summed E-state index contributed by atoms with van der Waals surface area (Å²) in [4.78, 5) is 38.1. The zero-order valence-electron chi connectivity index (χ0n) is 43.8. The number of hydrogen-bond donors (Lipinski definition) is 0. The molecule has 6 heteroatoms. The van der Waals surface area contributed by atoms with Gasteiger partial charge in [0, 0.05) is 19.3 Å². The number of rotatable bonds is 53. The average molecular weight is 916 g/mol. The molecule has 65 heavy (non-hydrogen) atoms. The van der Waals surface area contributed by atoms with Crippen molar-refractivity contribution in [3.63, 3.8) is 0 Å². The number of hydrogen-bond acceptors (Lipinski definition) is 6. The van der Waals surface area contributed by atoms with E-state index in [9.17, 15) is 14.4 Å². The normalized spacial score (nSPS) is 12.1. The largest absolute Gasteiger partial charge is 0.462 e. The zero-order valence-corrected chi connectivity index (χ0v) is 43.8. The predicted octanol–water partition coefficient (Wildman–Crippen LogP) is 19.1. The van der Waals surface area contributed by atoms with Gasteiger partial charge in [-0.2, -0.15) is 0 Å². The molecule has 0 spiro atoms. The van der Waals surface area contributed by atoms with Gasteiger partial charge in [-0.1, -0.05) is 270 Å². The van der Waals surface area contributed by atoms with Crippen LogP contribution >= 0.6 is 0 Å². The molecule has 0 aliphatic rings. The lowest BCUT2D eigenvalue weighted by atomic mass is 10.0.